The highest BCUT2D eigenvalue weighted by Crippen LogP contribution is 2.16. The fraction of sp³-hybridized carbons (Fsp3) is 0.250. The molecule has 7 heteroatoms. The van der Waals surface area contributed by atoms with Gasteiger partial charge in [0.05, 0.1) is 18.7 Å². The average Bonchev–Trinajstić information content (AvgIpc) is 2.38. The van der Waals surface area contributed by atoms with Gasteiger partial charge in [0, 0.05) is 5.69 Å². The van der Waals surface area contributed by atoms with E-state index in [-0.39, 0.29) is 18.7 Å². The van der Waals surface area contributed by atoms with Crippen molar-refractivity contribution in [2.75, 3.05) is 18.4 Å². The van der Waals surface area contributed by atoms with E-state index in [1.165, 1.54) is 18.2 Å². The first kappa shape index (κ1) is 14.7. The van der Waals surface area contributed by atoms with Gasteiger partial charge >= 0.3 is 5.97 Å². The molecule has 1 rings (SSSR count). The lowest BCUT2D eigenvalue weighted by Gasteiger charge is -2.09. The molecule has 19 heavy (non-hydrogen) atoms. The zero-order valence-electron chi connectivity index (χ0n) is 10.4. The van der Waals surface area contributed by atoms with Gasteiger partial charge in [-0.3, -0.25) is 9.59 Å². The Morgan fingerprint density at radius 3 is 2.47 bits per heavy atom. The van der Waals surface area contributed by atoms with Crippen molar-refractivity contribution in [3.05, 3.63) is 29.3 Å². The number of amides is 2. The van der Waals surface area contributed by atoms with E-state index >= 15 is 0 Å². The van der Waals surface area contributed by atoms with Gasteiger partial charge in [0.1, 0.15) is 0 Å². The van der Waals surface area contributed by atoms with Crippen LogP contribution in [-0.2, 0) is 9.59 Å². The second-order valence-corrected chi connectivity index (χ2v) is 3.86. The Kier molecular flexibility index (Phi) is 5.01. The van der Waals surface area contributed by atoms with Gasteiger partial charge in [-0.15, -0.1) is 0 Å². The topological polar surface area (TPSA) is 122 Å². The van der Waals surface area contributed by atoms with Crippen molar-refractivity contribution in [2.45, 2.75) is 6.92 Å². The monoisotopic (exact) mass is 265 g/mol. The number of carbonyl (C=O) groups excluding carboxylic acids is 2. The van der Waals surface area contributed by atoms with Crippen LogP contribution in [0.2, 0.25) is 0 Å². The first-order valence-corrected chi connectivity index (χ1v) is 5.54. The summed E-state index contributed by atoms with van der Waals surface area (Å²) in [5.74, 6) is -1.86. The fourth-order valence-electron chi connectivity index (χ4n) is 1.38. The predicted octanol–water partition coefficient (Wildman–Crippen LogP) is -0.293. The lowest BCUT2D eigenvalue weighted by atomic mass is 10.1. The minimum Gasteiger partial charge on any atom is -0.478 e. The first-order chi connectivity index (χ1) is 8.93. The molecule has 0 aromatic heterocycles. The van der Waals surface area contributed by atoms with Crippen LogP contribution < -0.4 is 16.4 Å². The first-order valence-electron chi connectivity index (χ1n) is 5.54. The van der Waals surface area contributed by atoms with Crippen LogP contribution in [0.15, 0.2) is 18.2 Å². The predicted molar refractivity (Wildman–Crippen MR) is 68.8 cm³/mol. The summed E-state index contributed by atoms with van der Waals surface area (Å²) in [4.78, 5) is 33.1. The summed E-state index contributed by atoms with van der Waals surface area (Å²) in [5, 5.41) is 13.7. The number of nitrogens with one attached hydrogen (secondary N) is 2. The van der Waals surface area contributed by atoms with Crippen molar-refractivity contribution in [3.8, 4) is 0 Å². The van der Waals surface area contributed by atoms with Gasteiger partial charge in [0.25, 0.3) is 0 Å². The number of rotatable bonds is 5. The number of anilines is 1. The molecule has 0 aliphatic rings. The van der Waals surface area contributed by atoms with E-state index in [0.717, 1.165) is 0 Å². The SMILES string of the molecule is Cc1cc(C(=O)O)ccc1NC(=O)CNC(=O)CN. The van der Waals surface area contributed by atoms with Crippen LogP contribution >= 0.6 is 0 Å². The van der Waals surface area contributed by atoms with Crippen molar-refractivity contribution in [3.63, 3.8) is 0 Å². The molecule has 102 valence electrons. The molecule has 1 aromatic rings. The summed E-state index contributed by atoms with van der Waals surface area (Å²) in [7, 11) is 0. The van der Waals surface area contributed by atoms with Crippen LogP contribution in [0.25, 0.3) is 0 Å². The number of aromatic carboxylic acids is 1. The molecule has 0 fully saturated rings. The van der Waals surface area contributed by atoms with E-state index in [2.05, 4.69) is 10.6 Å². The molecule has 0 saturated carbocycles. The van der Waals surface area contributed by atoms with Crippen LogP contribution in [0.4, 0.5) is 5.69 Å². The van der Waals surface area contributed by atoms with Gasteiger partial charge < -0.3 is 21.5 Å². The minimum atomic E-state index is -1.03. The second-order valence-electron chi connectivity index (χ2n) is 3.86. The average molecular weight is 265 g/mol. The van der Waals surface area contributed by atoms with Gasteiger partial charge in [0.15, 0.2) is 0 Å². The molecule has 0 saturated heterocycles. The van der Waals surface area contributed by atoms with E-state index in [0.29, 0.717) is 11.3 Å². The summed E-state index contributed by atoms with van der Waals surface area (Å²) < 4.78 is 0. The van der Waals surface area contributed by atoms with Gasteiger partial charge in [-0.2, -0.15) is 0 Å². The molecule has 0 atom stereocenters. The summed E-state index contributed by atoms with van der Waals surface area (Å²) in [6.45, 7) is 1.32. The molecule has 0 bridgehead atoms. The van der Waals surface area contributed by atoms with Crippen molar-refractivity contribution in [1.82, 2.24) is 5.32 Å². The third-order valence-electron chi connectivity index (χ3n) is 2.38. The Morgan fingerprint density at radius 2 is 1.95 bits per heavy atom. The summed E-state index contributed by atoms with van der Waals surface area (Å²) in [5.41, 5.74) is 6.35. The number of benzene rings is 1. The third-order valence-corrected chi connectivity index (χ3v) is 2.38. The molecule has 0 heterocycles. The second kappa shape index (κ2) is 6.50. The summed E-state index contributed by atoms with van der Waals surface area (Å²) >= 11 is 0. The van der Waals surface area contributed by atoms with Crippen LogP contribution in [0, 0.1) is 6.92 Å². The Labute approximate surface area is 109 Å². The lowest BCUT2D eigenvalue weighted by molar-refractivity contribution is -0.123. The highest BCUT2D eigenvalue weighted by Gasteiger charge is 2.09. The maximum absolute atomic E-state index is 11.5. The molecule has 0 unspecified atom stereocenters. The van der Waals surface area contributed by atoms with Crippen LogP contribution in [0.1, 0.15) is 15.9 Å². The molecule has 1 aromatic carbocycles. The lowest BCUT2D eigenvalue weighted by Crippen LogP contribution is -2.36. The van der Waals surface area contributed by atoms with Gasteiger partial charge in [-0.25, -0.2) is 4.79 Å². The zero-order valence-corrected chi connectivity index (χ0v) is 10.4. The summed E-state index contributed by atoms with van der Waals surface area (Å²) in [6.07, 6.45) is 0. The van der Waals surface area contributed by atoms with Crippen molar-refractivity contribution < 1.29 is 19.5 Å². The molecule has 0 aliphatic carbocycles. The van der Waals surface area contributed by atoms with Gasteiger partial charge in [-0.05, 0) is 30.7 Å². The number of aryl methyl sites for hydroxylation is 1. The molecule has 0 spiro atoms. The number of carbonyl (C=O) groups is 3. The van der Waals surface area contributed by atoms with E-state index in [4.69, 9.17) is 10.8 Å². The maximum Gasteiger partial charge on any atom is 0.335 e. The largest absolute Gasteiger partial charge is 0.478 e. The van der Waals surface area contributed by atoms with Gasteiger partial charge in [0.2, 0.25) is 11.8 Å². The number of nitrogens with two attached hydrogens (primary N) is 1. The highest BCUT2D eigenvalue weighted by molar-refractivity contribution is 5.96. The van der Waals surface area contributed by atoms with Gasteiger partial charge in [-0.1, -0.05) is 0 Å². The van der Waals surface area contributed by atoms with E-state index in [1.54, 1.807) is 6.92 Å². The van der Waals surface area contributed by atoms with E-state index in [9.17, 15) is 14.4 Å². The number of hydrogen-bond donors (Lipinski definition) is 4. The normalized spacial score (nSPS) is 9.79. The molecule has 0 aliphatic heterocycles. The fourth-order valence-corrected chi connectivity index (χ4v) is 1.38. The molecule has 7 nitrogen and oxygen atoms in total. The van der Waals surface area contributed by atoms with Crippen LogP contribution in [0.3, 0.4) is 0 Å². The van der Waals surface area contributed by atoms with E-state index in [1.807, 2.05) is 0 Å². The quantitative estimate of drug-likeness (QED) is 0.582. The standard InChI is InChI=1S/C12H15N3O4/c1-7-4-8(12(18)19)2-3-9(7)15-11(17)6-14-10(16)5-13/h2-4H,5-6,13H2,1H3,(H,14,16)(H,15,17)(H,18,19). The molecule has 2 amide bonds. The number of carboxylic acid groups (broad SMARTS) is 1. The molecular weight excluding hydrogens is 250 g/mol. The number of hydrogen-bond acceptors (Lipinski definition) is 4. The Morgan fingerprint density at radius 1 is 1.26 bits per heavy atom. The smallest absolute Gasteiger partial charge is 0.335 e. The van der Waals surface area contributed by atoms with Crippen molar-refractivity contribution in [1.29, 1.82) is 0 Å². The maximum atomic E-state index is 11.5. The Balaban J connectivity index is 2.64. The van der Waals surface area contributed by atoms with E-state index < -0.39 is 17.8 Å². The van der Waals surface area contributed by atoms with Crippen LogP contribution in [-0.4, -0.2) is 36.0 Å². The summed E-state index contributed by atoms with van der Waals surface area (Å²) in [6, 6.07) is 4.35. The molecule has 5 N–H and O–H groups in total. The molecule has 0 radical (unpaired) electrons. The minimum absolute atomic E-state index is 0.145. The zero-order chi connectivity index (χ0) is 14.4. The third kappa shape index (κ3) is 4.40. The van der Waals surface area contributed by atoms with Crippen molar-refractivity contribution in [2.24, 2.45) is 5.73 Å². The van der Waals surface area contributed by atoms with Crippen molar-refractivity contribution >= 4 is 23.5 Å². The molecular formula is C12H15N3O4. The van der Waals surface area contributed by atoms with Crippen LogP contribution in [0.5, 0.6) is 0 Å². The Hall–Kier alpha value is -2.41. The number of carboxylic acids is 1. The Bertz CT molecular complexity index is 514. The highest BCUT2D eigenvalue weighted by atomic mass is 16.4.